The lowest BCUT2D eigenvalue weighted by atomic mass is 9.99. The first-order valence-corrected chi connectivity index (χ1v) is 44.1. The number of para-hydroxylation sites is 2. The Kier molecular flexibility index (Phi) is 28.5. The fraction of sp³-hybridized carbons (Fsp3) is 0.206. The number of carbonyl (C=O) groups is 8. The molecule has 7 aliphatic rings. The van der Waals surface area contributed by atoms with E-state index in [0.717, 1.165) is 111 Å². The van der Waals surface area contributed by atoms with Crippen molar-refractivity contribution < 1.29 is 78.1 Å². The number of nitrogens with zero attached hydrogens (tertiary/aromatic N) is 10. The second-order valence-corrected chi connectivity index (χ2v) is 33.4. The molecule has 5 unspecified atom stereocenters. The van der Waals surface area contributed by atoms with Crippen LogP contribution in [-0.4, -0.2) is 171 Å². The van der Waals surface area contributed by atoms with E-state index >= 15 is 0 Å². The monoisotopic (exact) mass is 1790 g/mol. The van der Waals surface area contributed by atoms with Crippen LogP contribution in [0.1, 0.15) is 77.1 Å². The molecule has 13 aromatic rings. The van der Waals surface area contributed by atoms with Gasteiger partial charge in [0.1, 0.15) is 41.6 Å². The summed E-state index contributed by atoms with van der Waals surface area (Å²) < 4.78 is 21.9. The SMILES string of the molecule is C=C1C=C(c2c(-c3ccccc3)ncn2Cc2cccc(O)c2)C(=O)N1.C=C1CC(=O)C(CC2CN(c3ccccc3)CCN2c2cccc(O)c2)O1.O=C1C=C(C2CN(c3ccccc3)CCN2c2cccc(O)c2)C(=O)C1.O=C1CC(=O)C(Cc2c(-c3ccccc3)ncn2Cc2cccc(O)c2)O1.O=C1CC(=O)C(Cc2c(Cc3ccccc3)ncn2Cc2cccc(O)c2)O1. The number of aromatic hydroxyl groups is 5. The molecule has 27 nitrogen and oxygen atoms in total. The van der Waals surface area contributed by atoms with Crippen LogP contribution in [0.4, 0.5) is 22.7 Å². The van der Waals surface area contributed by atoms with Crippen molar-refractivity contribution in [3.05, 3.63) is 379 Å². The summed E-state index contributed by atoms with van der Waals surface area (Å²) in [4.78, 5) is 119. The number of esters is 2. The van der Waals surface area contributed by atoms with Gasteiger partial charge in [0.05, 0.1) is 78.0 Å². The highest BCUT2D eigenvalue weighted by atomic mass is 16.6. The van der Waals surface area contributed by atoms with Crippen molar-refractivity contribution in [3.8, 4) is 51.3 Å². The largest absolute Gasteiger partial charge is 0.508 e. The first kappa shape index (κ1) is 90.9. The van der Waals surface area contributed by atoms with Gasteiger partial charge >= 0.3 is 11.9 Å². The van der Waals surface area contributed by atoms with Crippen molar-refractivity contribution in [2.45, 2.75) is 101 Å². The van der Waals surface area contributed by atoms with E-state index in [1.54, 1.807) is 110 Å². The van der Waals surface area contributed by atoms with E-state index in [2.05, 4.69) is 77.3 Å². The number of benzene rings is 10. The van der Waals surface area contributed by atoms with E-state index in [0.29, 0.717) is 81.0 Å². The van der Waals surface area contributed by atoms with Gasteiger partial charge in [-0.25, -0.2) is 15.0 Å². The summed E-state index contributed by atoms with van der Waals surface area (Å²) >= 11 is 0. The maximum atomic E-state index is 12.4. The minimum absolute atomic E-state index is 0.0367. The van der Waals surface area contributed by atoms with Crippen LogP contribution in [0.5, 0.6) is 28.7 Å². The van der Waals surface area contributed by atoms with E-state index in [9.17, 15) is 63.9 Å². The van der Waals surface area contributed by atoms with Crippen LogP contribution in [-0.2, 0) is 91.5 Å². The molecule has 0 radical (unpaired) electrons. The Balaban J connectivity index is 0.000000122. The molecule has 5 atom stereocenters. The number of anilines is 4. The van der Waals surface area contributed by atoms with E-state index in [1.165, 1.54) is 11.8 Å². The number of hydrogen-bond donors (Lipinski definition) is 6. The minimum atomic E-state index is -0.778. The first-order chi connectivity index (χ1) is 65.0. The summed E-state index contributed by atoms with van der Waals surface area (Å²) in [5.41, 5.74) is 16.2. The third-order valence-electron chi connectivity index (χ3n) is 24.0. The highest BCUT2D eigenvalue weighted by Gasteiger charge is 2.41. The van der Waals surface area contributed by atoms with Gasteiger partial charge in [0.25, 0.3) is 5.91 Å². The van der Waals surface area contributed by atoms with Crippen molar-refractivity contribution in [1.82, 2.24) is 34.0 Å². The molecular formula is C107H99N11O16. The number of imidazole rings is 3. The number of hydrogen-bond acceptors (Lipinski definition) is 23. The van der Waals surface area contributed by atoms with Crippen LogP contribution in [0.3, 0.4) is 0 Å². The van der Waals surface area contributed by atoms with E-state index in [-0.39, 0.29) is 101 Å². The maximum absolute atomic E-state index is 12.4. The molecule has 5 saturated heterocycles. The van der Waals surface area contributed by atoms with Gasteiger partial charge in [-0.1, -0.05) is 189 Å². The summed E-state index contributed by atoms with van der Waals surface area (Å²) in [6, 6.07) is 85.1. The predicted molar refractivity (Wildman–Crippen MR) is 507 cm³/mol. The van der Waals surface area contributed by atoms with Gasteiger partial charge in [0, 0.05) is 153 Å². The van der Waals surface area contributed by atoms with E-state index in [4.69, 9.17) is 14.2 Å². The van der Waals surface area contributed by atoms with Crippen LogP contribution < -0.4 is 24.9 Å². The number of carbonyl (C=O) groups excluding carboxylic acids is 8. The average molecular weight is 1800 g/mol. The standard InChI is InChI=1S/C22H20N2O4.C22H24N2O3.C21H17N3O2.C21H18N2O4.C21H20N2O3/c25-17-8-4-7-16(9-17)13-24-14-23-18(10-15-5-2-1-3-6-15)19(24)11-21-20(26)12-22(27)28-21;1-16-12-21(26)22(27-16)14-19-15-23(17-6-3-2-4-7-17)10-11-24(19)18-8-5-9-20(25)13-18;1-14-10-18(21(26)23-14)20-19(16-7-3-2-4-8-16)22-13-24(20)12-15-6-5-9-17(25)11-15;24-16-8-4-5-14(9-16)12-23-13-22-21(15-6-2-1-3-7-15)17(23)10-19-18(25)11-20(26)27-19;24-17-8-4-7-16(11-17)23-10-9-22(15-5-2-1-3-6-15)14-20(23)19-12-18(25)13-21(19)26/h1-9,14,21,25H,10-13H2;2-9,13,19,22,25H,1,10-12,14-15H2;2-11,13,25H,1,12H2,(H,23,26);1-9,13,19,24H,10-12H2;1-8,11-12,20,24H,9-10,13-14H2. The first-order valence-electron chi connectivity index (χ1n) is 44.1. The van der Waals surface area contributed by atoms with Gasteiger partial charge in [-0.15, -0.1) is 0 Å². The summed E-state index contributed by atoms with van der Waals surface area (Å²) in [5, 5.41) is 51.6. The van der Waals surface area contributed by atoms with Gasteiger partial charge in [-0.2, -0.15) is 0 Å². The minimum Gasteiger partial charge on any atom is -0.508 e. The smallest absolute Gasteiger partial charge is 0.314 e. The van der Waals surface area contributed by atoms with Gasteiger partial charge in [0.15, 0.2) is 47.2 Å². The third-order valence-corrected chi connectivity index (χ3v) is 24.0. The lowest BCUT2D eigenvalue weighted by molar-refractivity contribution is -0.142. The van der Waals surface area contributed by atoms with Crippen LogP contribution >= 0.6 is 0 Å². The van der Waals surface area contributed by atoms with Gasteiger partial charge < -0.3 is 78.4 Å². The second-order valence-electron chi connectivity index (χ2n) is 33.4. The Bertz CT molecular complexity index is 6570. The Morgan fingerprint density at radius 2 is 0.828 bits per heavy atom. The molecule has 6 N–H and O–H groups in total. The molecule has 0 saturated carbocycles. The van der Waals surface area contributed by atoms with Gasteiger partial charge in [-0.05, 0) is 119 Å². The Morgan fingerprint density at radius 3 is 1.31 bits per heavy atom. The summed E-state index contributed by atoms with van der Waals surface area (Å²) in [5.74, 6) is -0.0683. The van der Waals surface area contributed by atoms with Crippen LogP contribution in [0, 0.1) is 0 Å². The Morgan fingerprint density at radius 1 is 0.396 bits per heavy atom. The van der Waals surface area contributed by atoms with Gasteiger partial charge in [0.2, 0.25) is 0 Å². The molecular weight excluding hydrogens is 1700 g/mol. The van der Waals surface area contributed by atoms with Crippen molar-refractivity contribution in [3.63, 3.8) is 0 Å². The molecule has 0 bridgehead atoms. The molecule has 134 heavy (non-hydrogen) atoms. The number of piperazine rings is 2. The molecule has 27 heteroatoms. The zero-order chi connectivity index (χ0) is 93.3. The summed E-state index contributed by atoms with van der Waals surface area (Å²) in [6.45, 7) is 13.7. The number of phenols is 5. The molecule has 3 aromatic heterocycles. The third kappa shape index (κ3) is 22.7. The fourth-order valence-electron chi connectivity index (χ4n) is 17.6. The molecule has 678 valence electrons. The lowest BCUT2D eigenvalue weighted by Gasteiger charge is -2.44. The van der Waals surface area contributed by atoms with Gasteiger partial charge in [-0.3, -0.25) is 38.4 Å². The number of amides is 1. The second kappa shape index (κ2) is 42.0. The number of allylic oxidation sites excluding steroid dienone is 3. The topological polar surface area (TPSA) is 344 Å². The average Bonchev–Trinajstić information content (AvgIpc) is 1.52. The molecule has 1 aliphatic carbocycles. The number of ketones is 5. The van der Waals surface area contributed by atoms with E-state index in [1.807, 2.05) is 177 Å². The number of phenolic OH excluding ortho intramolecular Hbond substituents is 5. The molecule has 9 heterocycles. The molecule has 10 aromatic carbocycles. The Hall–Kier alpha value is -16.5. The number of ether oxygens (including phenoxy) is 3. The highest BCUT2D eigenvalue weighted by Crippen LogP contribution is 2.38. The lowest BCUT2D eigenvalue weighted by Crippen LogP contribution is -2.55. The number of Topliss-reactive ketones (excluding diaryl/α,β-unsaturated/α-hetero) is 4. The van der Waals surface area contributed by atoms with E-state index < -0.39 is 30.3 Å². The number of rotatable bonds is 22. The summed E-state index contributed by atoms with van der Waals surface area (Å²) in [7, 11) is 0. The predicted octanol–water partition coefficient (Wildman–Crippen LogP) is 14.6. The van der Waals surface area contributed by atoms with Crippen molar-refractivity contribution in [2.24, 2.45) is 0 Å². The van der Waals surface area contributed by atoms with Crippen LogP contribution in [0.25, 0.3) is 28.1 Å². The fourth-order valence-corrected chi connectivity index (χ4v) is 17.6. The van der Waals surface area contributed by atoms with Crippen LogP contribution in [0.15, 0.2) is 334 Å². The van der Waals surface area contributed by atoms with Crippen LogP contribution in [0.2, 0.25) is 0 Å². The molecule has 6 aliphatic heterocycles. The number of nitrogens with one attached hydrogen (secondary N) is 1. The number of aromatic nitrogens is 6. The molecule has 20 rings (SSSR count). The zero-order valence-electron chi connectivity index (χ0n) is 73.4. The van der Waals surface area contributed by atoms with Crippen molar-refractivity contribution in [2.75, 3.05) is 58.9 Å². The van der Waals surface area contributed by atoms with Crippen molar-refractivity contribution in [1.29, 1.82) is 0 Å². The number of cyclic esters (lactones) is 2. The zero-order valence-corrected chi connectivity index (χ0v) is 73.4. The van der Waals surface area contributed by atoms with Crippen molar-refractivity contribution >= 4 is 75.1 Å². The maximum Gasteiger partial charge on any atom is 0.314 e. The summed E-state index contributed by atoms with van der Waals surface area (Å²) in [6.07, 6.45) is 8.16. The molecule has 0 spiro atoms. The Labute approximate surface area is 773 Å². The normalized spacial score (nSPS) is 18.0. The highest BCUT2D eigenvalue weighted by molar-refractivity contribution is 6.24. The molecule has 5 fully saturated rings. The quantitative estimate of drug-likeness (QED) is 0.0271. The molecule has 1 amide bonds.